The van der Waals surface area contributed by atoms with Gasteiger partial charge in [0.05, 0.1) is 5.56 Å². The minimum Gasteiger partial charge on any atom is -0.507 e. The summed E-state index contributed by atoms with van der Waals surface area (Å²) in [6.45, 7) is 1.66. The minimum absolute atomic E-state index is 0.154. The molecule has 0 atom stereocenters. The van der Waals surface area contributed by atoms with Gasteiger partial charge in [-0.25, -0.2) is 0 Å². The van der Waals surface area contributed by atoms with Gasteiger partial charge >= 0.3 is 0 Å². The molecule has 0 spiro atoms. The number of hydrogen-bond acceptors (Lipinski definition) is 2. The molecule has 3 nitrogen and oxygen atoms in total. The number of aryl methyl sites for hydroxylation is 1. The molecule has 0 aromatic carbocycles. The molecule has 1 aromatic heterocycles. The van der Waals surface area contributed by atoms with Crippen LogP contribution in [-0.4, -0.2) is 10.1 Å². The second kappa shape index (κ2) is 2.91. The molecule has 1 aliphatic rings. The van der Waals surface area contributed by atoms with Crippen LogP contribution in [0.2, 0.25) is 0 Å². The van der Waals surface area contributed by atoms with Crippen molar-refractivity contribution in [3.63, 3.8) is 0 Å². The average Bonchev–Trinajstić information content (AvgIpc) is 2.15. The van der Waals surface area contributed by atoms with Crippen LogP contribution in [0.5, 0.6) is 5.75 Å². The number of H-pyrrole nitrogens is 1. The van der Waals surface area contributed by atoms with Gasteiger partial charge in [-0.2, -0.15) is 0 Å². The van der Waals surface area contributed by atoms with Gasteiger partial charge in [-0.05, 0) is 32.6 Å². The fourth-order valence-corrected chi connectivity index (χ4v) is 1.87. The van der Waals surface area contributed by atoms with Gasteiger partial charge in [-0.3, -0.25) is 4.79 Å². The molecule has 0 radical (unpaired) electrons. The van der Waals surface area contributed by atoms with Crippen molar-refractivity contribution in [1.82, 2.24) is 4.98 Å². The number of rotatable bonds is 0. The lowest BCUT2D eigenvalue weighted by atomic mass is 9.94. The van der Waals surface area contributed by atoms with E-state index < -0.39 is 0 Å². The maximum Gasteiger partial charge on any atom is 0.254 e. The third kappa shape index (κ3) is 1.24. The predicted octanol–water partition coefficient (Wildman–Crippen LogP) is 1.27. The van der Waals surface area contributed by atoms with E-state index in [1.807, 2.05) is 0 Å². The second-order valence-corrected chi connectivity index (χ2v) is 3.59. The molecule has 0 bridgehead atoms. The smallest absolute Gasteiger partial charge is 0.254 e. The Hall–Kier alpha value is -1.25. The van der Waals surface area contributed by atoms with E-state index in [1.54, 1.807) is 6.92 Å². The SMILES string of the molecule is Cc1c(O)c2c([nH]c1=O)CCCC2. The normalized spacial score (nSPS) is 15.5. The first kappa shape index (κ1) is 8.35. The van der Waals surface area contributed by atoms with Gasteiger partial charge in [0, 0.05) is 11.3 Å². The molecule has 0 saturated carbocycles. The number of pyridine rings is 1. The number of fused-ring (bicyclic) bond motifs is 1. The molecule has 1 aliphatic carbocycles. The summed E-state index contributed by atoms with van der Waals surface area (Å²) in [5, 5.41) is 9.70. The largest absolute Gasteiger partial charge is 0.507 e. The lowest BCUT2D eigenvalue weighted by Gasteiger charge is -2.17. The van der Waals surface area contributed by atoms with Gasteiger partial charge < -0.3 is 10.1 Å². The van der Waals surface area contributed by atoms with E-state index >= 15 is 0 Å². The third-order valence-corrected chi connectivity index (χ3v) is 2.71. The Morgan fingerprint density at radius 3 is 2.77 bits per heavy atom. The van der Waals surface area contributed by atoms with E-state index in [2.05, 4.69) is 4.98 Å². The zero-order chi connectivity index (χ0) is 9.42. The van der Waals surface area contributed by atoms with Crippen molar-refractivity contribution in [2.75, 3.05) is 0 Å². The molecular weight excluding hydrogens is 166 g/mol. The lowest BCUT2D eigenvalue weighted by molar-refractivity contribution is 0.454. The van der Waals surface area contributed by atoms with Crippen LogP contribution in [0.4, 0.5) is 0 Å². The van der Waals surface area contributed by atoms with Gasteiger partial charge in [0.2, 0.25) is 0 Å². The van der Waals surface area contributed by atoms with E-state index in [-0.39, 0.29) is 11.3 Å². The number of aromatic hydroxyl groups is 1. The molecule has 0 saturated heterocycles. The third-order valence-electron chi connectivity index (χ3n) is 2.71. The fraction of sp³-hybridized carbons (Fsp3) is 0.500. The highest BCUT2D eigenvalue weighted by Crippen LogP contribution is 2.27. The lowest BCUT2D eigenvalue weighted by Crippen LogP contribution is -2.17. The Balaban J connectivity index is 2.67. The maximum atomic E-state index is 11.3. The molecule has 2 rings (SSSR count). The maximum absolute atomic E-state index is 11.3. The topological polar surface area (TPSA) is 53.1 Å². The van der Waals surface area contributed by atoms with Gasteiger partial charge in [0.15, 0.2) is 0 Å². The van der Waals surface area contributed by atoms with Crippen LogP contribution in [0.3, 0.4) is 0 Å². The van der Waals surface area contributed by atoms with Crippen molar-refractivity contribution < 1.29 is 5.11 Å². The van der Waals surface area contributed by atoms with E-state index in [1.165, 1.54) is 0 Å². The molecule has 2 N–H and O–H groups in total. The van der Waals surface area contributed by atoms with Gasteiger partial charge in [-0.1, -0.05) is 0 Å². The van der Waals surface area contributed by atoms with Crippen LogP contribution in [0.15, 0.2) is 4.79 Å². The number of nitrogens with one attached hydrogen (secondary N) is 1. The van der Waals surface area contributed by atoms with Crippen LogP contribution < -0.4 is 5.56 Å². The summed E-state index contributed by atoms with van der Waals surface area (Å²) in [6.07, 6.45) is 3.98. The summed E-state index contributed by atoms with van der Waals surface area (Å²) < 4.78 is 0. The first-order chi connectivity index (χ1) is 6.20. The van der Waals surface area contributed by atoms with E-state index in [4.69, 9.17) is 0 Å². The Labute approximate surface area is 76.4 Å². The Kier molecular flexibility index (Phi) is 1.87. The summed E-state index contributed by atoms with van der Waals surface area (Å²) in [5.41, 5.74) is 2.17. The Morgan fingerprint density at radius 2 is 2.00 bits per heavy atom. The molecule has 13 heavy (non-hydrogen) atoms. The predicted molar refractivity (Wildman–Crippen MR) is 50.1 cm³/mol. The van der Waals surface area contributed by atoms with Crippen LogP contribution >= 0.6 is 0 Å². The fourth-order valence-electron chi connectivity index (χ4n) is 1.87. The molecule has 1 aromatic rings. The average molecular weight is 179 g/mol. The van der Waals surface area contributed by atoms with Crippen LogP contribution in [0, 0.1) is 6.92 Å². The summed E-state index contributed by atoms with van der Waals surface area (Å²) in [4.78, 5) is 14.1. The molecule has 0 aliphatic heterocycles. The van der Waals surface area contributed by atoms with Crippen molar-refractivity contribution in [3.8, 4) is 5.75 Å². The molecular formula is C10H13NO2. The molecule has 70 valence electrons. The molecule has 0 fully saturated rings. The van der Waals surface area contributed by atoms with Gasteiger partial charge in [0.25, 0.3) is 5.56 Å². The quantitative estimate of drug-likeness (QED) is 0.630. The number of aromatic nitrogens is 1. The molecule has 1 heterocycles. The van der Waals surface area contributed by atoms with Crippen molar-refractivity contribution in [1.29, 1.82) is 0 Å². The molecule has 0 unspecified atom stereocenters. The second-order valence-electron chi connectivity index (χ2n) is 3.59. The van der Waals surface area contributed by atoms with E-state index in [0.717, 1.165) is 36.9 Å². The van der Waals surface area contributed by atoms with Crippen LogP contribution in [0.25, 0.3) is 0 Å². The zero-order valence-electron chi connectivity index (χ0n) is 7.68. The van der Waals surface area contributed by atoms with E-state index in [0.29, 0.717) is 5.56 Å². The van der Waals surface area contributed by atoms with Crippen molar-refractivity contribution >= 4 is 0 Å². The first-order valence-electron chi connectivity index (χ1n) is 4.63. The van der Waals surface area contributed by atoms with Crippen molar-refractivity contribution in [3.05, 3.63) is 27.2 Å². The molecule has 0 amide bonds. The summed E-state index contributed by atoms with van der Waals surface area (Å²) in [7, 11) is 0. The van der Waals surface area contributed by atoms with E-state index in [9.17, 15) is 9.90 Å². The first-order valence-corrected chi connectivity index (χ1v) is 4.63. The highest BCUT2D eigenvalue weighted by molar-refractivity contribution is 5.41. The highest BCUT2D eigenvalue weighted by Gasteiger charge is 2.16. The summed E-state index contributed by atoms with van der Waals surface area (Å²) >= 11 is 0. The van der Waals surface area contributed by atoms with Gasteiger partial charge in [0.1, 0.15) is 5.75 Å². The van der Waals surface area contributed by atoms with Crippen LogP contribution in [-0.2, 0) is 12.8 Å². The minimum atomic E-state index is -0.154. The standard InChI is InChI=1S/C10H13NO2/c1-6-9(12)7-4-2-3-5-8(7)11-10(6)13/h2-5H2,1H3,(H2,11,12,13). The number of aromatic amines is 1. The Morgan fingerprint density at radius 1 is 1.31 bits per heavy atom. The summed E-state index contributed by atoms with van der Waals surface area (Å²) in [6, 6.07) is 0. The number of hydrogen-bond donors (Lipinski definition) is 2. The molecule has 3 heteroatoms. The monoisotopic (exact) mass is 179 g/mol. The highest BCUT2D eigenvalue weighted by atomic mass is 16.3. The van der Waals surface area contributed by atoms with Crippen molar-refractivity contribution in [2.45, 2.75) is 32.6 Å². The Bertz CT molecular complexity index is 393. The van der Waals surface area contributed by atoms with Crippen LogP contribution in [0.1, 0.15) is 29.7 Å². The zero-order valence-corrected chi connectivity index (χ0v) is 7.68. The van der Waals surface area contributed by atoms with Gasteiger partial charge in [-0.15, -0.1) is 0 Å². The van der Waals surface area contributed by atoms with Crippen molar-refractivity contribution in [2.24, 2.45) is 0 Å². The summed E-state index contributed by atoms with van der Waals surface area (Å²) in [5.74, 6) is 0.207.